The summed E-state index contributed by atoms with van der Waals surface area (Å²) in [5.74, 6) is 1.65. The van der Waals surface area contributed by atoms with Crippen LogP contribution >= 0.6 is 0 Å². The third kappa shape index (κ3) is 6.84. The van der Waals surface area contributed by atoms with Crippen LogP contribution in [0.2, 0.25) is 0 Å². The predicted molar refractivity (Wildman–Crippen MR) is 108 cm³/mol. The first-order valence-corrected chi connectivity index (χ1v) is 9.70. The van der Waals surface area contributed by atoms with Gasteiger partial charge in [-0.1, -0.05) is 19.4 Å². The smallest absolute Gasteiger partial charge is 0.195 e. The first kappa shape index (κ1) is 20.5. The minimum atomic E-state index is 0.586. The van der Waals surface area contributed by atoms with Crippen LogP contribution in [0.25, 0.3) is 0 Å². The number of ether oxygens (including phenoxy) is 2. The van der Waals surface area contributed by atoms with Crippen molar-refractivity contribution in [1.82, 2.24) is 10.2 Å². The maximum absolute atomic E-state index is 5.76. The quantitative estimate of drug-likeness (QED) is 0.402. The topological polar surface area (TPSA) is 58.1 Å². The van der Waals surface area contributed by atoms with E-state index in [4.69, 9.17) is 9.47 Å². The second kappa shape index (κ2) is 11.8. The fraction of sp³-hybridized carbons (Fsp3) is 0.650. The molecule has 1 aliphatic rings. The number of benzene rings is 1. The average molecular weight is 363 g/mol. The molecule has 1 unspecified atom stereocenters. The molecule has 0 amide bonds. The van der Waals surface area contributed by atoms with E-state index < -0.39 is 0 Å². The number of hydrogen-bond donors (Lipinski definition) is 2. The number of rotatable bonds is 9. The van der Waals surface area contributed by atoms with Gasteiger partial charge in [-0.25, -0.2) is 0 Å². The van der Waals surface area contributed by atoms with Gasteiger partial charge in [-0.15, -0.1) is 0 Å². The van der Waals surface area contributed by atoms with Crippen LogP contribution in [-0.4, -0.2) is 63.9 Å². The minimum Gasteiger partial charge on any atom is -0.493 e. The summed E-state index contributed by atoms with van der Waals surface area (Å²) in [5.41, 5.74) is 0.971. The van der Waals surface area contributed by atoms with Crippen LogP contribution in [0.1, 0.15) is 32.6 Å². The maximum atomic E-state index is 5.76. The predicted octanol–water partition coefficient (Wildman–Crippen LogP) is 2.96. The fourth-order valence-electron chi connectivity index (χ4n) is 3.29. The van der Waals surface area contributed by atoms with Gasteiger partial charge in [0.2, 0.25) is 0 Å². The normalized spacial score (nSPS) is 18.6. The molecule has 0 saturated carbocycles. The van der Waals surface area contributed by atoms with Gasteiger partial charge >= 0.3 is 0 Å². The number of hydrogen-bond acceptors (Lipinski definition) is 4. The van der Waals surface area contributed by atoms with Gasteiger partial charge in [0.15, 0.2) is 5.96 Å². The molecule has 0 bridgehead atoms. The Hall–Kier alpha value is -1.79. The lowest BCUT2D eigenvalue weighted by Gasteiger charge is -2.35. The summed E-state index contributed by atoms with van der Waals surface area (Å²) < 4.78 is 10.8. The van der Waals surface area contributed by atoms with E-state index in [0.29, 0.717) is 19.3 Å². The highest BCUT2D eigenvalue weighted by atomic mass is 16.5. The Bertz CT molecular complexity index is 550. The number of guanidine groups is 1. The first-order valence-electron chi connectivity index (χ1n) is 9.70. The molecule has 146 valence electrons. The Balaban J connectivity index is 1.83. The molecule has 1 fully saturated rings. The number of likely N-dealkylation sites (tertiary alicyclic amines) is 1. The van der Waals surface area contributed by atoms with E-state index in [1.165, 1.54) is 25.8 Å². The third-order valence-corrected chi connectivity index (χ3v) is 4.74. The fourth-order valence-corrected chi connectivity index (χ4v) is 3.29. The van der Waals surface area contributed by atoms with Crippen molar-refractivity contribution in [2.45, 2.75) is 38.6 Å². The van der Waals surface area contributed by atoms with Crippen molar-refractivity contribution in [1.29, 1.82) is 0 Å². The van der Waals surface area contributed by atoms with Gasteiger partial charge in [-0.3, -0.25) is 9.89 Å². The van der Waals surface area contributed by atoms with Gasteiger partial charge in [0, 0.05) is 51.5 Å². The Morgan fingerprint density at radius 1 is 1.31 bits per heavy atom. The summed E-state index contributed by atoms with van der Waals surface area (Å²) in [4.78, 5) is 6.91. The number of likely N-dealkylation sites (N-methyl/N-ethyl adjacent to an activating group) is 1. The van der Waals surface area contributed by atoms with Crippen molar-refractivity contribution in [2.24, 2.45) is 4.99 Å². The van der Waals surface area contributed by atoms with Gasteiger partial charge in [0.25, 0.3) is 0 Å². The Labute approximate surface area is 158 Å². The summed E-state index contributed by atoms with van der Waals surface area (Å²) in [6.07, 6.45) is 4.77. The van der Waals surface area contributed by atoms with Crippen molar-refractivity contribution in [3.8, 4) is 5.75 Å². The lowest BCUT2D eigenvalue weighted by atomic mass is 10.0. The van der Waals surface area contributed by atoms with Gasteiger partial charge in [-0.2, -0.15) is 0 Å². The molecule has 1 atom stereocenters. The summed E-state index contributed by atoms with van der Waals surface area (Å²) in [7, 11) is 3.51. The van der Waals surface area contributed by atoms with Gasteiger partial charge in [0.05, 0.1) is 6.61 Å². The lowest BCUT2D eigenvalue weighted by molar-refractivity contribution is 0.157. The number of nitrogens with zero attached hydrogens (tertiary/aromatic N) is 2. The summed E-state index contributed by atoms with van der Waals surface area (Å²) in [6, 6.07) is 8.56. The average Bonchev–Trinajstić information content (AvgIpc) is 2.69. The van der Waals surface area contributed by atoms with Crippen LogP contribution in [0, 0.1) is 0 Å². The zero-order chi connectivity index (χ0) is 18.6. The molecule has 2 rings (SSSR count). The second-order valence-electron chi connectivity index (χ2n) is 6.58. The molecule has 2 N–H and O–H groups in total. The molecule has 0 aromatic heterocycles. The standard InChI is InChI=1S/C20H34N4O2/c1-4-24-12-6-5-10-18(24)16-22-20(21-2)23-17-9-7-11-19(15-17)26-14-8-13-25-3/h7,9,11,15,18H,4-6,8,10,12-14,16H2,1-3H3,(H2,21,22,23). The van der Waals surface area contributed by atoms with E-state index >= 15 is 0 Å². The summed E-state index contributed by atoms with van der Waals surface area (Å²) in [5, 5.41) is 6.83. The molecule has 1 heterocycles. The Morgan fingerprint density at radius 3 is 2.96 bits per heavy atom. The molecule has 0 aliphatic carbocycles. The van der Waals surface area contributed by atoms with E-state index in [0.717, 1.165) is 36.9 Å². The van der Waals surface area contributed by atoms with Crippen molar-refractivity contribution >= 4 is 11.6 Å². The molecule has 1 aromatic carbocycles. The summed E-state index contributed by atoms with van der Waals surface area (Å²) in [6.45, 7) is 6.84. The number of piperidine rings is 1. The van der Waals surface area contributed by atoms with Gasteiger partial charge in [-0.05, 0) is 38.1 Å². The lowest BCUT2D eigenvalue weighted by Crippen LogP contribution is -2.47. The number of nitrogens with one attached hydrogen (secondary N) is 2. The molecule has 6 nitrogen and oxygen atoms in total. The largest absolute Gasteiger partial charge is 0.493 e. The van der Waals surface area contributed by atoms with Gasteiger partial charge in [0.1, 0.15) is 5.75 Å². The van der Waals surface area contributed by atoms with Crippen LogP contribution in [-0.2, 0) is 4.74 Å². The zero-order valence-electron chi connectivity index (χ0n) is 16.5. The molecule has 1 saturated heterocycles. The molecule has 0 radical (unpaired) electrons. The molecule has 1 aliphatic heterocycles. The highest BCUT2D eigenvalue weighted by Gasteiger charge is 2.20. The molecule has 6 heteroatoms. The number of anilines is 1. The van der Waals surface area contributed by atoms with Crippen LogP contribution in [0.15, 0.2) is 29.3 Å². The van der Waals surface area contributed by atoms with E-state index in [-0.39, 0.29) is 0 Å². The van der Waals surface area contributed by atoms with Gasteiger partial charge < -0.3 is 20.1 Å². The van der Waals surface area contributed by atoms with Crippen molar-refractivity contribution in [2.75, 3.05) is 52.3 Å². The van der Waals surface area contributed by atoms with E-state index in [1.54, 1.807) is 14.2 Å². The van der Waals surface area contributed by atoms with Crippen LogP contribution in [0.3, 0.4) is 0 Å². The van der Waals surface area contributed by atoms with E-state index in [1.807, 2.05) is 24.3 Å². The van der Waals surface area contributed by atoms with Crippen molar-refractivity contribution in [3.05, 3.63) is 24.3 Å². The summed E-state index contributed by atoms with van der Waals surface area (Å²) >= 11 is 0. The van der Waals surface area contributed by atoms with Crippen molar-refractivity contribution < 1.29 is 9.47 Å². The highest BCUT2D eigenvalue weighted by Crippen LogP contribution is 2.18. The molecular weight excluding hydrogens is 328 g/mol. The minimum absolute atomic E-state index is 0.586. The maximum Gasteiger partial charge on any atom is 0.195 e. The van der Waals surface area contributed by atoms with Crippen LogP contribution < -0.4 is 15.4 Å². The van der Waals surface area contributed by atoms with Crippen LogP contribution in [0.4, 0.5) is 5.69 Å². The number of aliphatic imine (C=N–C) groups is 1. The van der Waals surface area contributed by atoms with E-state index in [2.05, 4.69) is 27.4 Å². The van der Waals surface area contributed by atoms with Crippen molar-refractivity contribution in [3.63, 3.8) is 0 Å². The number of methoxy groups -OCH3 is 1. The Morgan fingerprint density at radius 2 is 2.19 bits per heavy atom. The third-order valence-electron chi connectivity index (χ3n) is 4.74. The first-order chi connectivity index (χ1) is 12.8. The molecular formula is C20H34N4O2. The molecule has 1 aromatic rings. The zero-order valence-corrected chi connectivity index (χ0v) is 16.5. The van der Waals surface area contributed by atoms with E-state index in [9.17, 15) is 0 Å². The molecule has 26 heavy (non-hydrogen) atoms. The second-order valence-corrected chi connectivity index (χ2v) is 6.58. The highest BCUT2D eigenvalue weighted by molar-refractivity contribution is 5.93. The Kier molecular flexibility index (Phi) is 9.28. The SMILES string of the molecule is CCN1CCCCC1CNC(=NC)Nc1cccc(OCCCOC)c1. The van der Waals surface area contributed by atoms with Crippen LogP contribution in [0.5, 0.6) is 5.75 Å². The monoisotopic (exact) mass is 362 g/mol. The molecule has 0 spiro atoms.